The van der Waals surface area contributed by atoms with Gasteiger partial charge in [0.15, 0.2) is 0 Å². The van der Waals surface area contributed by atoms with E-state index in [0.29, 0.717) is 5.56 Å². The fourth-order valence-corrected chi connectivity index (χ4v) is 2.06. The van der Waals surface area contributed by atoms with Crippen molar-refractivity contribution in [2.75, 3.05) is 0 Å². The van der Waals surface area contributed by atoms with Gasteiger partial charge in [0.05, 0.1) is 5.56 Å². The summed E-state index contributed by atoms with van der Waals surface area (Å²) in [5, 5.41) is 0. The van der Waals surface area contributed by atoms with E-state index in [2.05, 4.69) is 0 Å². The molecule has 0 N–H and O–H groups in total. The summed E-state index contributed by atoms with van der Waals surface area (Å²) < 4.78 is 52.8. The van der Waals surface area contributed by atoms with Gasteiger partial charge in [0.2, 0.25) is 0 Å². The lowest BCUT2D eigenvalue weighted by molar-refractivity contribution is -0.137. The lowest BCUT2D eigenvalue weighted by Crippen LogP contribution is -2.08. The molecule has 0 aliphatic rings. The molecule has 0 nitrogen and oxygen atoms in total. The van der Waals surface area contributed by atoms with Gasteiger partial charge in [-0.2, -0.15) is 13.2 Å². The third kappa shape index (κ3) is 3.00. The Balaban J connectivity index is 2.64. The Morgan fingerprint density at radius 2 is 1.65 bits per heavy atom. The Morgan fingerprint density at radius 3 is 2.20 bits per heavy atom. The predicted molar refractivity (Wildman–Crippen MR) is 70.9 cm³/mol. The highest BCUT2D eigenvalue weighted by molar-refractivity contribution is 5.68. The summed E-state index contributed by atoms with van der Waals surface area (Å²) in [7, 11) is 0. The third-order valence-electron chi connectivity index (χ3n) is 3.15. The second-order valence-electron chi connectivity index (χ2n) is 4.97. The van der Waals surface area contributed by atoms with Gasteiger partial charge in [0.25, 0.3) is 0 Å². The number of hydrogen-bond acceptors (Lipinski definition) is 0. The number of alkyl halides is 3. The average molecular weight is 282 g/mol. The standard InChI is InChI=1S/C16H14F4/c1-10(2)11-6-7-14(15(9-11)16(18,19)20)12-4-3-5-13(17)8-12/h3-10H,1-2H3. The molecule has 2 aromatic rings. The lowest BCUT2D eigenvalue weighted by atomic mass is 9.93. The minimum atomic E-state index is -4.47. The van der Waals surface area contributed by atoms with Crippen molar-refractivity contribution >= 4 is 0 Å². The van der Waals surface area contributed by atoms with Gasteiger partial charge in [-0.25, -0.2) is 4.39 Å². The van der Waals surface area contributed by atoms with Crippen molar-refractivity contribution in [2.24, 2.45) is 0 Å². The van der Waals surface area contributed by atoms with E-state index in [0.717, 1.165) is 12.1 Å². The Kier molecular flexibility index (Phi) is 3.84. The van der Waals surface area contributed by atoms with Crippen LogP contribution in [0, 0.1) is 5.82 Å². The second kappa shape index (κ2) is 5.27. The van der Waals surface area contributed by atoms with Crippen LogP contribution < -0.4 is 0 Å². The summed E-state index contributed by atoms with van der Waals surface area (Å²) in [6, 6.07) is 9.40. The zero-order valence-electron chi connectivity index (χ0n) is 11.1. The highest BCUT2D eigenvalue weighted by atomic mass is 19.4. The van der Waals surface area contributed by atoms with Crippen molar-refractivity contribution < 1.29 is 17.6 Å². The van der Waals surface area contributed by atoms with E-state index in [1.165, 1.54) is 24.3 Å². The van der Waals surface area contributed by atoms with Gasteiger partial charge in [-0.1, -0.05) is 38.1 Å². The molecule has 0 aliphatic heterocycles. The Hall–Kier alpha value is -1.84. The van der Waals surface area contributed by atoms with Gasteiger partial charge in [0.1, 0.15) is 5.82 Å². The largest absolute Gasteiger partial charge is 0.417 e. The molecule has 106 valence electrons. The molecule has 0 fully saturated rings. The zero-order valence-corrected chi connectivity index (χ0v) is 11.1. The molecule has 0 aromatic heterocycles. The van der Waals surface area contributed by atoms with E-state index >= 15 is 0 Å². The maximum absolute atomic E-state index is 13.2. The smallest absolute Gasteiger partial charge is 0.207 e. The lowest BCUT2D eigenvalue weighted by Gasteiger charge is -2.16. The third-order valence-corrected chi connectivity index (χ3v) is 3.15. The van der Waals surface area contributed by atoms with E-state index in [9.17, 15) is 17.6 Å². The summed E-state index contributed by atoms with van der Waals surface area (Å²) in [4.78, 5) is 0. The first kappa shape index (κ1) is 14.6. The van der Waals surface area contributed by atoms with Crippen molar-refractivity contribution in [2.45, 2.75) is 25.9 Å². The van der Waals surface area contributed by atoms with Crippen molar-refractivity contribution in [3.05, 3.63) is 59.4 Å². The van der Waals surface area contributed by atoms with Gasteiger partial charge in [-0.05, 0) is 40.8 Å². The Bertz CT molecular complexity index is 612. The molecule has 0 heterocycles. The molecule has 0 radical (unpaired) electrons. The number of hydrogen-bond donors (Lipinski definition) is 0. The van der Waals surface area contributed by atoms with Crippen molar-refractivity contribution in [1.29, 1.82) is 0 Å². The van der Waals surface area contributed by atoms with Gasteiger partial charge in [-0.15, -0.1) is 0 Å². The topological polar surface area (TPSA) is 0 Å². The van der Waals surface area contributed by atoms with E-state index in [4.69, 9.17) is 0 Å². The van der Waals surface area contributed by atoms with E-state index in [1.54, 1.807) is 6.07 Å². The van der Waals surface area contributed by atoms with Crippen molar-refractivity contribution in [3.8, 4) is 11.1 Å². The van der Waals surface area contributed by atoms with Crippen molar-refractivity contribution in [3.63, 3.8) is 0 Å². The molecule has 0 saturated carbocycles. The molecule has 2 aromatic carbocycles. The summed E-state index contributed by atoms with van der Waals surface area (Å²) in [6.07, 6.45) is -4.47. The highest BCUT2D eigenvalue weighted by Crippen LogP contribution is 2.38. The molecule has 2 rings (SSSR count). The summed E-state index contributed by atoms with van der Waals surface area (Å²) in [5.74, 6) is -0.554. The Morgan fingerprint density at radius 1 is 0.950 bits per heavy atom. The van der Waals surface area contributed by atoms with Crippen LogP contribution >= 0.6 is 0 Å². The minimum absolute atomic E-state index is 0.00130. The van der Waals surface area contributed by atoms with Crippen LogP contribution in [-0.2, 0) is 6.18 Å². The summed E-state index contributed by atoms with van der Waals surface area (Å²) in [6.45, 7) is 3.66. The van der Waals surface area contributed by atoms with Crippen LogP contribution in [0.1, 0.15) is 30.9 Å². The number of halogens is 4. The molecule has 20 heavy (non-hydrogen) atoms. The van der Waals surface area contributed by atoms with Gasteiger partial charge in [-0.3, -0.25) is 0 Å². The molecule has 0 atom stereocenters. The number of rotatable bonds is 2. The van der Waals surface area contributed by atoms with Gasteiger partial charge < -0.3 is 0 Å². The van der Waals surface area contributed by atoms with Crippen LogP contribution in [0.25, 0.3) is 11.1 Å². The van der Waals surface area contributed by atoms with Crippen LogP contribution in [0.15, 0.2) is 42.5 Å². The molecule has 0 amide bonds. The summed E-state index contributed by atoms with van der Waals surface area (Å²) in [5.41, 5.74) is 0.112. The predicted octanol–water partition coefficient (Wildman–Crippen LogP) is 5.63. The normalized spacial score (nSPS) is 11.9. The van der Waals surface area contributed by atoms with Crippen LogP contribution in [0.3, 0.4) is 0 Å². The van der Waals surface area contributed by atoms with E-state index in [-0.39, 0.29) is 17.0 Å². The molecule has 4 heteroatoms. The monoisotopic (exact) mass is 282 g/mol. The first-order chi connectivity index (χ1) is 9.29. The first-order valence-electron chi connectivity index (χ1n) is 6.26. The maximum Gasteiger partial charge on any atom is 0.417 e. The molecule has 0 bridgehead atoms. The van der Waals surface area contributed by atoms with E-state index in [1.807, 2.05) is 13.8 Å². The molecule has 0 aliphatic carbocycles. The van der Waals surface area contributed by atoms with Crippen LogP contribution in [-0.4, -0.2) is 0 Å². The highest BCUT2D eigenvalue weighted by Gasteiger charge is 2.34. The first-order valence-corrected chi connectivity index (χ1v) is 6.26. The maximum atomic E-state index is 13.2. The van der Waals surface area contributed by atoms with Crippen LogP contribution in [0.2, 0.25) is 0 Å². The second-order valence-corrected chi connectivity index (χ2v) is 4.97. The fourth-order valence-electron chi connectivity index (χ4n) is 2.06. The van der Waals surface area contributed by atoms with Crippen LogP contribution in [0.4, 0.5) is 17.6 Å². The molecular weight excluding hydrogens is 268 g/mol. The molecule has 0 saturated heterocycles. The quantitative estimate of drug-likeness (QED) is 0.626. The van der Waals surface area contributed by atoms with Gasteiger partial charge >= 0.3 is 6.18 Å². The SMILES string of the molecule is CC(C)c1ccc(-c2cccc(F)c2)c(C(F)(F)F)c1. The molecular formula is C16H14F4. The van der Waals surface area contributed by atoms with Gasteiger partial charge in [0, 0.05) is 0 Å². The van der Waals surface area contributed by atoms with E-state index < -0.39 is 17.6 Å². The summed E-state index contributed by atoms with van der Waals surface area (Å²) >= 11 is 0. The number of benzene rings is 2. The van der Waals surface area contributed by atoms with Crippen molar-refractivity contribution in [1.82, 2.24) is 0 Å². The fraction of sp³-hybridized carbons (Fsp3) is 0.250. The zero-order chi connectivity index (χ0) is 14.9. The molecule has 0 unspecified atom stereocenters. The molecule has 0 spiro atoms. The average Bonchev–Trinajstić information content (AvgIpc) is 2.37. The minimum Gasteiger partial charge on any atom is -0.207 e. The Labute approximate surface area is 115 Å². The van der Waals surface area contributed by atoms with Crippen LogP contribution in [0.5, 0.6) is 0 Å².